The van der Waals surface area contributed by atoms with Gasteiger partial charge in [-0.25, -0.2) is 4.79 Å². The fraction of sp³-hybridized carbons (Fsp3) is 0.286. The minimum atomic E-state index is -0.340. The Labute approximate surface area is 120 Å². The maximum absolute atomic E-state index is 11.8. The number of carbonyl (C=O) groups is 1. The Balaban J connectivity index is 2.53. The molecule has 0 bridgehead atoms. The molecule has 1 aromatic heterocycles. The number of rotatable bonds is 4. The van der Waals surface area contributed by atoms with Gasteiger partial charge >= 0.3 is 5.97 Å². The molecule has 0 saturated heterocycles. The Bertz CT molecular complexity index is 601. The first kappa shape index (κ1) is 13.8. The van der Waals surface area contributed by atoms with Crippen molar-refractivity contribution >= 4 is 38.5 Å². The number of hydrogen-bond donors (Lipinski definition) is 0. The van der Waals surface area contributed by atoms with E-state index in [1.54, 1.807) is 13.1 Å². The van der Waals surface area contributed by atoms with E-state index in [1.807, 2.05) is 36.2 Å². The molecule has 0 saturated carbocycles. The fourth-order valence-electron chi connectivity index (χ4n) is 1.86. The first-order valence-corrected chi connectivity index (χ1v) is 7.12. The normalized spacial score (nSPS) is 10.5. The van der Waals surface area contributed by atoms with Gasteiger partial charge in [0.05, 0.1) is 23.1 Å². The van der Waals surface area contributed by atoms with E-state index >= 15 is 0 Å². The molecule has 0 N–H and O–H groups in total. The lowest BCUT2D eigenvalue weighted by Gasteiger charge is -2.18. The largest absolute Gasteiger partial charge is 0.462 e. The Morgan fingerprint density at radius 1 is 1.47 bits per heavy atom. The summed E-state index contributed by atoms with van der Waals surface area (Å²) in [5.74, 6) is -0.340. The van der Waals surface area contributed by atoms with Crippen molar-refractivity contribution in [3.8, 4) is 0 Å². The van der Waals surface area contributed by atoms with Crippen LogP contribution in [0.3, 0.4) is 0 Å². The molecule has 0 amide bonds. The quantitative estimate of drug-likeness (QED) is 0.492. The first-order valence-electron chi connectivity index (χ1n) is 6.00. The number of aromatic nitrogens is 1. The Kier molecular flexibility index (Phi) is 4.37. The second-order valence-corrected chi connectivity index (χ2v) is 4.61. The average Bonchev–Trinajstić information content (AvgIpc) is 2.45. The number of esters is 1. The van der Waals surface area contributed by atoms with Crippen molar-refractivity contribution in [1.29, 1.82) is 0 Å². The molecule has 4 nitrogen and oxygen atoms in total. The highest BCUT2D eigenvalue weighted by molar-refractivity contribution is 9.09. The van der Waals surface area contributed by atoms with E-state index in [2.05, 4.69) is 20.9 Å². The zero-order valence-electron chi connectivity index (χ0n) is 10.9. The molecule has 5 heteroatoms. The Morgan fingerprint density at radius 3 is 2.95 bits per heavy atom. The van der Waals surface area contributed by atoms with Crippen LogP contribution >= 0.6 is 15.9 Å². The predicted octanol–water partition coefficient (Wildman–Crippen LogP) is 3.20. The third-order valence-corrected chi connectivity index (χ3v) is 3.56. The molecular weight excluding hydrogens is 308 g/mol. The van der Waals surface area contributed by atoms with Crippen molar-refractivity contribution in [2.24, 2.45) is 0 Å². The van der Waals surface area contributed by atoms with Crippen molar-refractivity contribution in [3.63, 3.8) is 0 Å². The molecule has 1 aromatic carbocycles. The van der Waals surface area contributed by atoms with Gasteiger partial charge in [0.2, 0.25) is 0 Å². The van der Waals surface area contributed by atoms with Crippen LogP contribution in [-0.2, 0) is 4.74 Å². The van der Waals surface area contributed by atoms with Crippen LogP contribution in [0.2, 0.25) is 0 Å². The van der Waals surface area contributed by atoms with Crippen LogP contribution in [0.5, 0.6) is 0 Å². The van der Waals surface area contributed by atoms with E-state index in [-0.39, 0.29) is 5.97 Å². The number of anilines is 1. The standard InChI is InChI=1S/C14H15BrN2O2/c1-3-19-14(18)10-7-11-12(16-8-10)5-4-6-13(11)17(2)9-15/h4-8H,3,9H2,1-2H3. The third kappa shape index (κ3) is 2.87. The second-order valence-electron chi connectivity index (χ2n) is 4.11. The highest BCUT2D eigenvalue weighted by atomic mass is 79.9. The minimum absolute atomic E-state index is 0.340. The zero-order valence-corrected chi connectivity index (χ0v) is 12.5. The molecule has 0 radical (unpaired) electrons. The van der Waals surface area contributed by atoms with E-state index < -0.39 is 0 Å². The number of alkyl halides is 1. The van der Waals surface area contributed by atoms with Crippen LogP contribution in [-0.4, -0.2) is 30.1 Å². The van der Waals surface area contributed by atoms with Gasteiger partial charge in [0.15, 0.2) is 0 Å². The van der Waals surface area contributed by atoms with Gasteiger partial charge in [-0.3, -0.25) is 4.98 Å². The highest BCUT2D eigenvalue weighted by Crippen LogP contribution is 2.26. The smallest absolute Gasteiger partial charge is 0.339 e. The summed E-state index contributed by atoms with van der Waals surface area (Å²) in [6.07, 6.45) is 1.55. The van der Waals surface area contributed by atoms with E-state index in [1.165, 1.54) is 0 Å². The maximum Gasteiger partial charge on any atom is 0.339 e. The summed E-state index contributed by atoms with van der Waals surface area (Å²) in [7, 11) is 1.97. The van der Waals surface area contributed by atoms with E-state index in [9.17, 15) is 4.79 Å². The number of pyridine rings is 1. The molecular formula is C14H15BrN2O2. The molecule has 19 heavy (non-hydrogen) atoms. The second kappa shape index (κ2) is 6.02. The van der Waals surface area contributed by atoms with Crippen LogP contribution in [0.15, 0.2) is 30.5 Å². The number of carbonyl (C=O) groups excluding carboxylic acids is 1. The van der Waals surface area contributed by atoms with E-state index in [0.717, 1.165) is 16.6 Å². The minimum Gasteiger partial charge on any atom is -0.462 e. The molecule has 2 rings (SSSR count). The molecule has 0 spiro atoms. The number of ether oxygens (including phenoxy) is 1. The third-order valence-electron chi connectivity index (χ3n) is 2.80. The summed E-state index contributed by atoms with van der Waals surface area (Å²) in [5, 5.41) is 0.940. The van der Waals surface area contributed by atoms with Crippen LogP contribution in [0.25, 0.3) is 10.9 Å². The van der Waals surface area contributed by atoms with Crippen LogP contribution in [0.4, 0.5) is 5.69 Å². The van der Waals surface area contributed by atoms with Crippen LogP contribution < -0.4 is 4.90 Å². The lowest BCUT2D eigenvalue weighted by molar-refractivity contribution is 0.0526. The maximum atomic E-state index is 11.8. The summed E-state index contributed by atoms with van der Waals surface area (Å²) in [6.45, 7) is 2.15. The highest BCUT2D eigenvalue weighted by Gasteiger charge is 2.11. The van der Waals surface area contributed by atoms with Gasteiger partial charge in [-0.2, -0.15) is 0 Å². The zero-order chi connectivity index (χ0) is 13.8. The van der Waals surface area contributed by atoms with Gasteiger partial charge in [-0.1, -0.05) is 22.0 Å². The van der Waals surface area contributed by atoms with Gasteiger partial charge < -0.3 is 9.64 Å². The molecule has 0 aliphatic rings. The van der Waals surface area contributed by atoms with Crippen LogP contribution in [0, 0.1) is 0 Å². The number of hydrogen-bond acceptors (Lipinski definition) is 4. The molecule has 0 atom stereocenters. The lowest BCUT2D eigenvalue weighted by atomic mass is 10.1. The average molecular weight is 323 g/mol. The summed E-state index contributed by atoms with van der Waals surface area (Å²) in [5.41, 5.74) is 3.06. The van der Waals surface area contributed by atoms with E-state index in [4.69, 9.17) is 4.74 Å². The van der Waals surface area contributed by atoms with Crippen molar-refractivity contribution in [2.75, 3.05) is 24.0 Å². The Hall–Kier alpha value is -1.62. The van der Waals surface area contributed by atoms with Gasteiger partial charge in [0.1, 0.15) is 0 Å². The monoisotopic (exact) mass is 322 g/mol. The molecule has 0 fully saturated rings. The Morgan fingerprint density at radius 2 is 2.26 bits per heavy atom. The van der Waals surface area contributed by atoms with Gasteiger partial charge in [0, 0.05) is 24.3 Å². The lowest BCUT2D eigenvalue weighted by Crippen LogP contribution is -2.14. The van der Waals surface area contributed by atoms with Crippen molar-refractivity contribution in [3.05, 3.63) is 36.0 Å². The molecule has 2 aromatic rings. The summed E-state index contributed by atoms with van der Waals surface area (Å²) < 4.78 is 5.00. The predicted molar refractivity (Wildman–Crippen MR) is 79.9 cm³/mol. The van der Waals surface area contributed by atoms with Crippen molar-refractivity contribution in [1.82, 2.24) is 4.98 Å². The molecule has 0 aliphatic heterocycles. The molecule has 1 heterocycles. The number of benzene rings is 1. The topological polar surface area (TPSA) is 42.4 Å². The van der Waals surface area contributed by atoms with Gasteiger partial charge in [-0.15, -0.1) is 0 Å². The molecule has 0 unspecified atom stereocenters. The van der Waals surface area contributed by atoms with E-state index in [0.29, 0.717) is 17.6 Å². The van der Waals surface area contributed by atoms with Crippen molar-refractivity contribution < 1.29 is 9.53 Å². The van der Waals surface area contributed by atoms with Gasteiger partial charge in [-0.05, 0) is 25.1 Å². The fourth-order valence-corrected chi connectivity index (χ4v) is 2.13. The summed E-state index contributed by atoms with van der Waals surface area (Å²) in [4.78, 5) is 18.1. The number of nitrogens with zero attached hydrogens (tertiary/aromatic N) is 2. The SMILES string of the molecule is CCOC(=O)c1cnc2cccc(N(C)CBr)c2c1. The summed E-state index contributed by atoms with van der Waals surface area (Å²) in [6, 6.07) is 7.71. The van der Waals surface area contributed by atoms with Gasteiger partial charge in [0.25, 0.3) is 0 Å². The number of fused-ring (bicyclic) bond motifs is 1. The first-order chi connectivity index (χ1) is 9.17. The molecule has 0 aliphatic carbocycles. The summed E-state index contributed by atoms with van der Waals surface area (Å²) >= 11 is 3.42. The molecule has 100 valence electrons. The van der Waals surface area contributed by atoms with Crippen molar-refractivity contribution in [2.45, 2.75) is 6.92 Å². The van der Waals surface area contributed by atoms with Crippen LogP contribution in [0.1, 0.15) is 17.3 Å². The number of halogens is 1.